The Morgan fingerprint density at radius 1 is 1.55 bits per heavy atom. The molecule has 1 aromatic rings. The molecule has 0 saturated heterocycles. The first-order valence-electron chi connectivity index (χ1n) is 3.03. The number of pyridine rings is 1. The zero-order chi connectivity index (χ0) is 6.97. The summed E-state index contributed by atoms with van der Waals surface area (Å²) >= 11 is 0. The van der Waals surface area contributed by atoms with E-state index in [2.05, 4.69) is 9.98 Å². The van der Waals surface area contributed by atoms with E-state index in [9.17, 15) is 0 Å². The first-order chi connectivity index (χ1) is 4.88. The fourth-order valence-corrected chi connectivity index (χ4v) is 0.992. The standard InChI is InChI=1S/C7H6N2O.ClH/c10-7-6-1-2-8-3-5(6)4-9-7;/h1-4,7,10H;1H/p+1. The van der Waals surface area contributed by atoms with Gasteiger partial charge in [-0.3, -0.25) is 9.98 Å². The van der Waals surface area contributed by atoms with E-state index in [-0.39, 0.29) is 13.8 Å². The van der Waals surface area contributed by atoms with Gasteiger partial charge in [-0.2, -0.15) is 0 Å². The van der Waals surface area contributed by atoms with E-state index >= 15 is 0 Å². The minimum Gasteiger partial charge on any atom is -0.368 e. The van der Waals surface area contributed by atoms with Crippen LogP contribution in [0.25, 0.3) is 0 Å². The summed E-state index contributed by atoms with van der Waals surface area (Å²) in [4.78, 5) is 7.68. The van der Waals surface area contributed by atoms with Gasteiger partial charge in [0.1, 0.15) is 0 Å². The maximum atomic E-state index is 9.16. The van der Waals surface area contributed by atoms with Crippen LogP contribution in [0.4, 0.5) is 0 Å². The van der Waals surface area contributed by atoms with E-state index in [1.54, 1.807) is 24.7 Å². The topological polar surface area (TPSA) is 45.5 Å². The molecule has 1 N–H and O–H groups in total. The molecule has 0 aromatic carbocycles. The molecule has 0 radical (unpaired) electrons. The molecular weight excluding hydrogens is 164 g/mol. The number of aliphatic hydroxyl groups is 1. The predicted molar refractivity (Wildman–Crippen MR) is 45.2 cm³/mol. The minimum atomic E-state index is -0.669. The largest absolute Gasteiger partial charge is 1.00 e. The van der Waals surface area contributed by atoms with E-state index in [0.717, 1.165) is 11.1 Å². The minimum absolute atomic E-state index is 0. The molecule has 0 aliphatic carbocycles. The molecule has 0 saturated carbocycles. The van der Waals surface area contributed by atoms with Crippen molar-refractivity contribution in [2.24, 2.45) is 4.99 Å². The Hall–Kier alpha value is -0.930. The number of aliphatic imine (C=N–C) groups is 1. The molecule has 1 atom stereocenters. The SMILES string of the molecule is Cl.OC1N=Cc2cnccc21.[H+]. The van der Waals surface area contributed by atoms with Gasteiger partial charge in [0.15, 0.2) is 6.23 Å². The van der Waals surface area contributed by atoms with Crippen molar-refractivity contribution >= 4 is 18.6 Å². The molecule has 3 nitrogen and oxygen atoms in total. The van der Waals surface area contributed by atoms with Crippen LogP contribution >= 0.6 is 12.4 Å². The molecule has 11 heavy (non-hydrogen) atoms. The number of aromatic nitrogens is 1. The van der Waals surface area contributed by atoms with Gasteiger partial charge in [-0.05, 0) is 6.07 Å². The van der Waals surface area contributed by atoms with E-state index in [4.69, 9.17) is 5.11 Å². The summed E-state index contributed by atoms with van der Waals surface area (Å²) < 4.78 is 0. The quantitative estimate of drug-likeness (QED) is 0.634. The second-order valence-corrected chi connectivity index (χ2v) is 2.16. The zero-order valence-corrected chi connectivity index (χ0v) is 6.45. The van der Waals surface area contributed by atoms with Crippen molar-refractivity contribution in [1.29, 1.82) is 0 Å². The maximum absolute atomic E-state index is 9.16. The summed E-state index contributed by atoms with van der Waals surface area (Å²) in [7, 11) is 0. The molecule has 0 fully saturated rings. The Bertz CT molecular complexity index is 292. The molecule has 2 rings (SSSR count). The number of hydrogen-bond acceptors (Lipinski definition) is 3. The van der Waals surface area contributed by atoms with Crippen molar-refractivity contribution in [3.05, 3.63) is 29.6 Å². The fourth-order valence-electron chi connectivity index (χ4n) is 0.992. The smallest absolute Gasteiger partial charge is 0.368 e. The number of rotatable bonds is 0. The van der Waals surface area contributed by atoms with E-state index in [1.165, 1.54) is 0 Å². The van der Waals surface area contributed by atoms with E-state index < -0.39 is 6.23 Å². The molecule has 1 unspecified atom stereocenters. The number of halogens is 1. The van der Waals surface area contributed by atoms with Gasteiger partial charge >= 0.3 is 1.43 Å². The highest BCUT2D eigenvalue weighted by Crippen LogP contribution is 2.21. The number of hydrogen-bond donors (Lipinski definition) is 1. The van der Waals surface area contributed by atoms with Gasteiger partial charge < -0.3 is 5.11 Å². The van der Waals surface area contributed by atoms with Gasteiger partial charge in [0.25, 0.3) is 0 Å². The third-order valence-corrected chi connectivity index (χ3v) is 1.52. The average molecular weight is 172 g/mol. The summed E-state index contributed by atoms with van der Waals surface area (Å²) in [6.07, 6.45) is 4.30. The first-order valence-corrected chi connectivity index (χ1v) is 3.03. The second-order valence-electron chi connectivity index (χ2n) is 2.16. The highest BCUT2D eigenvalue weighted by molar-refractivity contribution is 5.85. The molecule has 0 amide bonds. The van der Waals surface area contributed by atoms with Crippen LogP contribution in [0.5, 0.6) is 0 Å². The van der Waals surface area contributed by atoms with Crippen LogP contribution in [0, 0.1) is 0 Å². The van der Waals surface area contributed by atoms with Gasteiger partial charge in [-0.25, -0.2) is 0 Å². The van der Waals surface area contributed by atoms with Crippen molar-refractivity contribution in [3.8, 4) is 0 Å². The van der Waals surface area contributed by atoms with Gasteiger partial charge in [0, 0.05) is 29.7 Å². The average Bonchev–Trinajstić information content (AvgIpc) is 2.34. The van der Waals surface area contributed by atoms with Crippen molar-refractivity contribution in [1.82, 2.24) is 4.98 Å². The van der Waals surface area contributed by atoms with E-state index in [0.29, 0.717) is 0 Å². The van der Waals surface area contributed by atoms with Gasteiger partial charge in [-0.1, -0.05) is 0 Å². The van der Waals surface area contributed by atoms with Gasteiger partial charge in [-0.15, -0.1) is 12.4 Å². The van der Waals surface area contributed by atoms with Gasteiger partial charge in [0.05, 0.1) is 0 Å². The Labute approximate surface area is 71.7 Å². The summed E-state index contributed by atoms with van der Waals surface area (Å²) in [5, 5.41) is 9.16. The normalized spacial score (nSPS) is 19.2. The summed E-state index contributed by atoms with van der Waals surface area (Å²) in [5.41, 5.74) is 1.75. The molecule has 1 aliphatic heterocycles. The maximum Gasteiger partial charge on any atom is 1.00 e. The van der Waals surface area contributed by atoms with Crippen LogP contribution in [0.3, 0.4) is 0 Å². The molecule has 1 aliphatic rings. The molecule has 0 bridgehead atoms. The van der Waals surface area contributed by atoms with Crippen molar-refractivity contribution in [2.75, 3.05) is 0 Å². The van der Waals surface area contributed by atoms with Crippen LogP contribution in [-0.4, -0.2) is 16.3 Å². The van der Waals surface area contributed by atoms with Crippen molar-refractivity contribution in [2.45, 2.75) is 6.23 Å². The summed E-state index contributed by atoms with van der Waals surface area (Å²) in [6, 6.07) is 1.77. The molecule has 1 aromatic heterocycles. The predicted octanol–water partition coefficient (Wildman–Crippen LogP) is 1.04. The van der Waals surface area contributed by atoms with Crippen LogP contribution in [0.1, 0.15) is 18.8 Å². The van der Waals surface area contributed by atoms with Crippen molar-refractivity contribution < 1.29 is 6.53 Å². The fraction of sp³-hybridized carbons (Fsp3) is 0.143. The van der Waals surface area contributed by atoms with Crippen LogP contribution in [0.2, 0.25) is 0 Å². The highest BCUT2D eigenvalue weighted by atomic mass is 35.5. The van der Waals surface area contributed by atoms with Crippen molar-refractivity contribution in [3.63, 3.8) is 0 Å². The molecule has 0 spiro atoms. The summed E-state index contributed by atoms with van der Waals surface area (Å²) in [5.74, 6) is 0. The lowest BCUT2D eigenvalue weighted by Crippen LogP contribution is -1.90. The highest BCUT2D eigenvalue weighted by Gasteiger charge is 2.13. The first kappa shape index (κ1) is 8.17. The second kappa shape index (κ2) is 2.98. The zero-order valence-electron chi connectivity index (χ0n) is 6.64. The Balaban J connectivity index is 0.000000605. The number of aliphatic hydroxyl groups excluding tert-OH is 1. The Kier molecular flexibility index (Phi) is 2.22. The van der Waals surface area contributed by atoms with Crippen LogP contribution < -0.4 is 0 Å². The molecule has 58 valence electrons. The monoisotopic (exact) mass is 171 g/mol. The van der Waals surface area contributed by atoms with E-state index in [1.807, 2.05) is 0 Å². The van der Waals surface area contributed by atoms with Gasteiger partial charge in [0.2, 0.25) is 0 Å². The Morgan fingerprint density at radius 2 is 2.36 bits per heavy atom. The molecular formula is C7H8ClN2O+. The van der Waals surface area contributed by atoms with Crippen LogP contribution in [-0.2, 0) is 0 Å². The van der Waals surface area contributed by atoms with Crippen LogP contribution in [0.15, 0.2) is 23.5 Å². The third kappa shape index (κ3) is 1.25. The number of fused-ring (bicyclic) bond motifs is 1. The molecule has 4 heteroatoms. The summed E-state index contributed by atoms with van der Waals surface area (Å²) in [6.45, 7) is 0. The number of nitrogens with zero attached hydrogens (tertiary/aromatic N) is 2. The lowest BCUT2D eigenvalue weighted by molar-refractivity contribution is 0.193. The lowest BCUT2D eigenvalue weighted by Gasteiger charge is -1.98. The molecule has 2 heterocycles. The third-order valence-electron chi connectivity index (χ3n) is 1.52. The lowest BCUT2D eigenvalue weighted by atomic mass is 10.2. The Morgan fingerprint density at radius 3 is 3.09 bits per heavy atom.